The molecule has 4 heterocycles. The van der Waals surface area contributed by atoms with E-state index in [1.807, 2.05) is 36.1 Å². The molecule has 9 nitrogen and oxygen atoms in total. The summed E-state index contributed by atoms with van der Waals surface area (Å²) in [6.07, 6.45) is 2.38. The first-order chi connectivity index (χ1) is 13.5. The van der Waals surface area contributed by atoms with E-state index in [9.17, 15) is 5.11 Å². The van der Waals surface area contributed by atoms with Gasteiger partial charge in [0.2, 0.25) is 11.9 Å². The number of imidazole rings is 1. The Morgan fingerprint density at radius 3 is 2.93 bits per heavy atom. The molecule has 0 amide bonds. The number of hydrogen-bond donors (Lipinski definition) is 3. The number of H-pyrrole nitrogens is 1. The normalized spacial score (nSPS) is 19.8. The average molecular weight is 443 g/mol. The van der Waals surface area contributed by atoms with Crippen LogP contribution < -0.4 is 10.2 Å². The van der Waals surface area contributed by atoms with E-state index in [0.717, 1.165) is 21.3 Å². The molecule has 3 aromatic heterocycles. The molecule has 0 saturated carbocycles. The first-order valence-corrected chi connectivity index (χ1v) is 9.84. The van der Waals surface area contributed by atoms with Gasteiger partial charge in [-0.05, 0) is 41.4 Å². The van der Waals surface area contributed by atoms with Crippen LogP contribution in [0.4, 0.5) is 11.9 Å². The molecule has 1 unspecified atom stereocenters. The second kappa shape index (κ2) is 6.42. The van der Waals surface area contributed by atoms with Gasteiger partial charge in [-0.3, -0.25) is 0 Å². The summed E-state index contributed by atoms with van der Waals surface area (Å²) in [6.45, 7) is 3.51. The van der Waals surface area contributed by atoms with Crippen molar-refractivity contribution in [1.82, 2.24) is 29.5 Å². The fourth-order valence-electron chi connectivity index (χ4n) is 3.46. The van der Waals surface area contributed by atoms with Crippen molar-refractivity contribution in [3.8, 4) is 0 Å². The van der Waals surface area contributed by atoms with E-state index >= 15 is 0 Å². The molecular formula is C18H19BrN8O. The molecule has 3 N–H and O–H groups in total. The number of hydrogen-bond acceptors (Lipinski definition) is 7. The Labute approximate surface area is 168 Å². The smallest absolute Gasteiger partial charge is 0.230 e. The van der Waals surface area contributed by atoms with Gasteiger partial charge >= 0.3 is 0 Å². The highest BCUT2D eigenvalue weighted by atomic mass is 79.9. The molecule has 28 heavy (non-hydrogen) atoms. The first-order valence-electron chi connectivity index (χ1n) is 9.05. The minimum Gasteiger partial charge on any atom is -0.388 e. The van der Waals surface area contributed by atoms with Crippen LogP contribution in [0.1, 0.15) is 19.2 Å². The number of fused-ring (bicyclic) bond motifs is 2. The molecule has 144 valence electrons. The minimum absolute atomic E-state index is 0.468. The third-order valence-electron chi connectivity index (χ3n) is 4.90. The SMILES string of the molecule is CC1(O)CCN(c2nc(NCc3nc4ccccc4[nH]3)n3ncc(Br)c3n2)C1. The van der Waals surface area contributed by atoms with Crippen molar-refractivity contribution >= 4 is 44.5 Å². The summed E-state index contributed by atoms with van der Waals surface area (Å²) in [5, 5.41) is 18.0. The van der Waals surface area contributed by atoms with Gasteiger partial charge in [-0.1, -0.05) is 12.1 Å². The van der Waals surface area contributed by atoms with E-state index in [1.54, 1.807) is 10.7 Å². The fourth-order valence-corrected chi connectivity index (χ4v) is 3.81. The molecule has 1 atom stereocenters. The number of anilines is 2. The highest BCUT2D eigenvalue weighted by molar-refractivity contribution is 9.10. The predicted molar refractivity (Wildman–Crippen MR) is 109 cm³/mol. The Morgan fingerprint density at radius 2 is 2.14 bits per heavy atom. The van der Waals surface area contributed by atoms with Crippen LogP contribution in [-0.2, 0) is 6.54 Å². The van der Waals surface area contributed by atoms with Crippen molar-refractivity contribution < 1.29 is 5.11 Å². The minimum atomic E-state index is -0.727. The molecular weight excluding hydrogens is 424 g/mol. The number of nitrogens with one attached hydrogen (secondary N) is 2. The number of benzene rings is 1. The molecule has 0 aliphatic carbocycles. The van der Waals surface area contributed by atoms with Crippen LogP contribution in [0.5, 0.6) is 0 Å². The molecule has 4 aromatic rings. The summed E-state index contributed by atoms with van der Waals surface area (Å²) in [5.41, 5.74) is 1.86. The zero-order valence-corrected chi connectivity index (χ0v) is 16.8. The van der Waals surface area contributed by atoms with Gasteiger partial charge in [0, 0.05) is 13.1 Å². The summed E-state index contributed by atoms with van der Waals surface area (Å²) in [7, 11) is 0. The highest BCUT2D eigenvalue weighted by Crippen LogP contribution is 2.27. The van der Waals surface area contributed by atoms with Gasteiger partial charge in [-0.25, -0.2) is 4.98 Å². The predicted octanol–water partition coefficient (Wildman–Crippen LogP) is 2.34. The Balaban J connectivity index is 1.47. The van der Waals surface area contributed by atoms with Gasteiger partial charge in [0.15, 0.2) is 5.65 Å². The Bertz CT molecular complexity index is 1130. The van der Waals surface area contributed by atoms with Gasteiger partial charge in [-0.2, -0.15) is 19.6 Å². The van der Waals surface area contributed by atoms with Crippen LogP contribution in [0, 0.1) is 0 Å². The summed E-state index contributed by atoms with van der Waals surface area (Å²) in [6, 6.07) is 7.91. The van der Waals surface area contributed by atoms with E-state index in [4.69, 9.17) is 0 Å². The molecule has 1 aliphatic rings. The maximum atomic E-state index is 10.3. The molecule has 1 aliphatic heterocycles. The number of aromatic amines is 1. The van der Waals surface area contributed by atoms with Crippen molar-refractivity contribution in [3.05, 3.63) is 40.8 Å². The van der Waals surface area contributed by atoms with Crippen LogP contribution >= 0.6 is 15.9 Å². The molecule has 0 spiro atoms. The molecule has 1 saturated heterocycles. The standard InChI is InChI=1S/C18H19BrN8O/c1-18(28)6-7-26(10-18)17-24-15-11(19)8-21-27(15)16(25-17)20-9-14-22-12-4-2-3-5-13(12)23-14/h2-5,8,28H,6-7,9-10H2,1H3,(H,22,23)(H,20,24,25). The lowest BCUT2D eigenvalue weighted by molar-refractivity contribution is 0.0838. The number of aliphatic hydroxyl groups is 1. The van der Waals surface area contributed by atoms with Crippen LogP contribution in [-0.4, -0.2) is 53.3 Å². The first kappa shape index (κ1) is 17.4. The monoisotopic (exact) mass is 442 g/mol. The molecule has 0 bridgehead atoms. The molecule has 1 aromatic carbocycles. The molecule has 1 fully saturated rings. The Hall–Kier alpha value is -2.72. The third-order valence-corrected chi connectivity index (χ3v) is 5.46. The molecule has 10 heteroatoms. The van der Waals surface area contributed by atoms with E-state index in [0.29, 0.717) is 43.6 Å². The zero-order valence-electron chi connectivity index (χ0n) is 15.2. The lowest BCUT2D eigenvalue weighted by Crippen LogP contribution is -2.31. The Morgan fingerprint density at radius 1 is 1.29 bits per heavy atom. The zero-order chi connectivity index (χ0) is 19.3. The van der Waals surface area contributed by atoms with Gasteiger partial charge in [0.05, 0.1) is 33.8 Å². The van der Waals surface area contributed by atoms with Crippen molar-refractivity contribution in [2.24, 2.45) is 0 Å². The number of halogens is 1. The average Bonchev–Trinajstić information content (AvgIpc) is 3.36. The van der Waals surface area contributed by atoms with E-state index in [-0.39, 0.29) is 0 Å². The molecule has 5 rings (SSSR count). The van der Waals surface area contributed by atoms with Crippen molar-refractivity contribution in [1.29, 1.82) is 0 Å². The van der Waals surface area contributed by atoms with E-state index < -0.39 is 5.60 Å². The van der Waals surface area contributed by atoms with Crippen molar-refractivity contribution in [3.63, 3.8) is 0 Å². The van der Waals surface area contributed by atoms with Crippen LogP contribution in [0.25, 0.3) is 16.7 Å². The number of β-amino-alcohol motifs (C(OH)–C–C–N with tert-alkyl or cyclic N) is 1. The van der Waals surface area contributed by atoms with Crippen LogP contribution in [0.15, 0.2) is 34.9 Å². The summed E-state index contributed by atoms with van der Waals surface area (Å²) < 4.78 is 2.44. The van der Waals surface area contributed by atoms with Crippen LogP contribution in [0.2, 0.25) is 0 Å². The fraction of sp³-hybridized carbons (Fsp3) is 0.333. The van der Waals surface area contributed by atoms with E-state index in [1.165, 1.54) is 0 Å². The maximum absolute atomic E-state index is 10.3. The lowest BCUT2D eigenvalue weighted by atomic mass is 10.1. The quantitative estimate of drug-likeness (QED) is 0.445. The third kappa shape index (κ3) is 3.08. The van der Waals surface area contributed by atoms with E-state index in [2.05, 4.69) is 46.3 Å². The largest absolute Gasteiger partial charge is 0.388 e. The topological polar surface area (TPSA) is 107 Å². The highest BCUT2D eigenvalue weighted by Gasteiger charge is 2.33. The number of nitrogens with zero attached hydrogens (tertiary/aromatic N) is 6. The van der Waals surface area contributed by atoms with Crippen molar-refractivity contribution in [2.75, 3.05) is 23.3 Å². The summed E-state index contributed by atoms with van der Waals surface area (Å²) in [5.74, 6) is 1.95. The van der Waals surface area contributed by atoms with Crippen LogP contribution in [0.3, 0.4) is 0 Å². The van der Waals surface area contributed by atoms with Gasteiger partial charge in [-0.15, -0.1) is 0 Å². The number of rotatable bonds is 4. The lowest BCUT2D eigenvalue weighted by Gasteiger charge is -2.19. The summed E-state index contributed by atoms with van der Waals surface area (Å²) >= 11 is 3.50. The molecule has 0 radical (unpaired) electrons. The Kier molecular flexibility index (Phi) is 3.98. The van der Waals surface area contributed by atoms with Crippen molar-refractivity contribution in [2.45, 2.75) is 25.5 Å². The number of aromatic nitrogens is 6. The summed E-state index contributed by atoms with van der Waals surface area (Å²) in [4.78, 5) is 19.2. The van der Waals surface area contributed by atoms with Gasteiger partial charge in [0.25, 0.3) is 0 Å². The van der Waals surface area contributed by atoms with Gasteiger partial charge < -0.3 is 20.3 Å². The maximum Gasteiger partial charge on any atom is 0.230 e. The number of para-hydroxylation sites is 2. The second-order valence-corrected chi connectivity index (χ2v) is 8.15. The van der Waals surface area contributed by atoms with Gasteiger partial charge in [0.1, 0.15) is 5.82 Å². The second-order valence-electron chi connectivity index (χ2n) is 7.30.